The first kappa shape index (κ1) is 16.4. The van der Waals surface area contributed by atoms with E-state index in [-0.39, 0.29) is 6.04 Å². The SMILES string of the molecule is [2H]C([2H])([2H])C([2H])([2H])N1CCN(Cc2ccc(-c3cc4c(N[C@H](C)c5ccccc5)ncnc4[nH]3)cc2)CC1. The molecule has 0 spiro atoms. The number of benzene rings is 2. The van der Waals surface area contributed by atoms with Gasteiger partial charge in [0, 0.05) is 51.3 Å². The van der Waals surface area contributed by atoms with Crippen LogP contribution < -0.4 is 5.32 Å². The van der Waals surface area contributed by atoms with Gasteiger partial charge in [0.2, 0.25) is 0 Å². The molecule has 2 aromatic heterocycles. The third-order valence-corrected chi connectivity index (χ3v) is 6.28. The molecule has 1 aliphatic heterocycles. The van der Waals surface area contributed by atoms with Gasteiger partial charge in [0.25, 0.3) is 0 Å². The van der Waals surface area contributed by atoms with E-state index in [1.807, 2.05) is 18.2 Å². The lowest BCUT2D eigenvalue weighted by Gasteiger charge is -2.34. The molecule has 5 rings (SSSR count). The molecule has 33 heavy (non-hydrogen) atoms. The van der Waals surface area contributed by atoms with E-state index >= 15 is 0 Å². The normalized spacial score (nSPS) is 19.2. The van der Waals surface area contributed by atoms with Crippen LogP contribution >= 0.6 is 0 Å². The van der Waals surface area contributed by atoms with E-state index in [1.54, 1.807) is 6.33 Å². The second kappa shape index (κ2) is 9.73. The molecule has 1 atom stereocenters. The molecule has 0 amide bonds. The van der Waals surface area contributed by atoms with Crippen molar-refractivity contribution in [2.75, 3.05) is 38.0 Å². The minimum Gasteiger partial charge on any atom is -0.363 e. The van der Waals surface area contributed by atoms with Crippen LogP contribution in [0.25, 0.3) is 22.3 Å². The van der Waals surface area contributed by atoms with Crippen LogP contribution in [0, 0.1) is 0 Å². The predicted molar refractivity (Wildman–Crippen MR) is 135 cm³/mol. The van der Waals surface area contributed by atoms with E-state index in [4.69, 9.17) is 6.85 Å². The molecule has 0 saturated carbocycles. The van der Waals surface area contributed by atoms with Crippen LogP contribution in [0.5, 0.6) is 0 Å². The Bertz CT molecular complexity index is 1360. The van der Waals surface area contributed by atoms with E-state index in [2.05, 4.69) is 74.6 Å². The second-order valence-electron chi connectivity index (χ2n) is 8.52. The average Bonchev–Trinajstić information content (AvgIpc) is 3.35. The molecule has 0 unspecified atom stereocenters. The molecule has 1 saturated heterocycles. The highest BCUT2D eigenvalue weighted by atomic mass is 15.3. The Kier molecular flexibility index (Phi) is 4.84. The molecule has 6 heteroatoms. The standard InChI is InChI=1S/C27H32N6/c1-3-32-13-15-33(16-14-32)18-21-9-11-23(12-10-21)25-17-24-26(28-19-29-27(24)31-25)30-20(2)22-7-5-4-6-8-22/h4-12,17,19-20H,3,13-16,18H2,1-2H3,(H2,28,29,30,31)/t20-/m1/s1/i1D3,3D2. The van der Waals surface area contributed by atoms with Gasteiger partial charge in [-0.2, -0.15) is 0 Å². The molecule has 170 valence electrons. The summed E-state index contributed by atoms with van der Waals surface area (Å²) in [6.07, 6.45) is 1.56. The number of aromatic nitrogens is 3. The zero-order valence-electron chi connectivity index (χ0n) is 23.8. The lowest BCUT2D eigenvalue weighted by atomic mass is 10.1. The van der Waals surface area contributed by atoms with Gasteiger partial charge in [-0.25, -0.2) is 9.97 Å². The third-order valence-electron chi connectivity index (χ3n) is 6.28. The lowest BCUT2D eigenvalue weighted by Crippen LogP contribution is -2.45. The van der Waals surface area contributed by atoms with Gasteiger partial charge < -0.3 is 15.2 Å². The first-order valence-corrected chi connectivity index (χ1v) is 11.3. The van der Waals surface area contributed by atoms with Crippen molar-refractivity contribution in [2.24, 2.45) is 0 Å². The van der Waals surface area contributed by atoms with Crippen LogP contribution in [0.3, 0.4) is 0 Å². The van der Waals surface area contributed by atoms with Gasteiger partial charge in [-0.3, -0.25) is 4.90 Å². The van der Waals surface area contributed by atoms with Crippen LogP contribution in [0.4, 0.5) is 5.82 Å². The molecule has 6 nitrogen and oxygen atoms in total. The topological polar surface area (TPSA) is 60.1 Å². The maximum absolute atomic E-state index is 7.99. The largest absolute Gasteiger partial charge is 0.363 e. The van der Waals surface area contributed by atoms with Gasteiger partial charge in [-0.15, -0.1) is 0 Å². The number of H-pyrrole nitrogens is 1. The summed E-state index contributed by atoms with van der Waals surface area (Å²) in [6.45, 7) is -0.106. The third kappa shape index (κ3) is 4.92. The van der Waals surface area contributed by atoms with E-state index < -0.39 is 13.3 Å². The zero-order chi connectivity index (χ0) is 26.9. The summed E-state index contributed by atoms with van der Waals surface area (Å²) in [6, 6.07) is 20.8. The van der Waals surface area contributed by atoms with Crippen LogP contribution in [0.2, 0.25) is 0 Å². The van der Waals surface area contributed by atoms with Gasteiger partial charge in [0.15, 0.2) is 0 Å². The molecule has 0 bridgehead atoms. The first-order chi connectivity index (χ1) is 18.1. The number of anilines is 1. The van der Waals surface area contributed by atoms with Crippen LogP contribution in [-0.4, -0.2) is 57.4 Å². The fraction of sp³-hybridized carbons (Fsp3) is 0.333. The van der Waals surface area contributed by atoms with Crippen molar-refractivity contribution in [1.82, 2.24) is 24.8 Å². The number of nitrogens with zero attached hydrogens (tertiary/aromatic N) is 4. The van der Waals surface area contributed by atoms with Crippen molar-refractivity contribution in [3.05, 3.63) is 78.1 Å². The van der Waals surface area contributed by atoms with Crippen LogP contribution in [0.15, 0.2) is 67.0 Å². The molecule has 1 fully saturated rings. The number of aromatic amines is 1. The summed E-state index contributed by atoms with van der Waals surface area (Å²) in [5, 5.41) is 4.44. The fourth-order valence-electron chi connectivity index (χ4n) is 4.31. The average molecular weight is 446 g/mol. The van der Waals surface area contributed by atoms with E-state index in [1.165, 1.54) is 10.5 Å². The lowest BCUT2D eigenvalue weighted by molar-refractivity contribution is 0.132. The Morgan fingerprint density at radius 3 is 2.55 bits per heavy atom. The Balaban J connectivity index is 1.24. The van der Waals surface area contributed by atoms with Gasteiger partial charge in [0.1, 0.15) is 17.8 Å². The van der Waals surface area contributed by atoms with Gasteiger partial charge in [0.05, 0.1) is 5.39 Å². The number of fused-ring (bicyclic) bond motifs is 1. The summed E-state index contributed by atoms with van der Waals surface area (Å²) in [5.41, 5.74) is 5.11. The number of rotatable bonds is 7. The molecule has 2 aromatic carbocycles. The van der Waals surface area contributed by atoms with Crippen molar-refractivity contribution >= 4 is 16.9 Å². The van der Waals surface area contributed by atoms with Crippen LogP contribution in [-0.2, 0) is 6.54 Å². The van der Waals surface area contributed by atoms with Crippen molar-refractivity contribution < 1.29 is 6.85 Å². The number of hydrogen-bond donors (Lipinski definition) is 2. The minimum absolute atomic E-state index is 0.0981. The number of hydrogen-bond acceptors (Lipinski definition) is 5. The van der Waals surface area contributed by atoms with Crippen molar-refractivity contribution in [2.45, 2.75) is 26.4 Å². The molecule has 4 aromatic rings. The molecule has 1 aliphatic rings. The molecule has 2 N–H and O–H groups in total. The maximum atomic E-state index is 7.99. The summed E-state index contributed by atoms with van der Waals surface area (Å²) in [5.74, 6) is 0.785. The number of piperazine rings is 1. The number of likely N-dealkylation sites (N-methyl/N-ethyl adjacent to an activating group) is 1. The van der Waals surface area contributed by atoms with Crippen molar-refractivity contribution in [1.29, 1.82) is 0 Å². The Morgan fingerprint density at radius 1 is 1.03 bits per heavy atom. The van der Waals surface area contributed by atoms with E-state index in [9.17, 15) is 0 Å². The molecular formula is C27H32N6. The second-order valence-corrected chi connectivity index (χ2v) is 8.52. The summed E-state index contributed by atoms with van der Waals surface area (Å²) in [4.78, 5) is 16.0. The Morgan fingerprint density at radius 2 is 1.79 bits per heavy atom. The zero-order valence-corrected chi connectivity index (χ0v) is 18.8. The van der Waals surface area contributed by atoms with E-state index in [0.29, 0.717) is 26.2 Å². The molecule has 3 heterocycles. The summed E-state index contributed by atoms with van der Waals surface area (Å²) < 4.78 is 38.5. The summed E-state index contributed by atoms with van der Waals surface area (Å²) >= 11 is 0. The molecular weight excluding hydrogens is 408 g/mol. The minimum atomic E-state index is -2.66. The molecule has 0 radical (unpaired) electrons. The van der Waals surface area contributed by atoms with Gasteiger partial charge in [-0.05, 0) is 36.2 Å². The van der Waals surface area contributed by atoms with E-state index in [0.717, 1.165) is 40.2 Å². The monoisotopic (exact) mass is 445 g/mol. The maximum Gasteiger partial charge on any atom is 0.143 e. The quantitative estimate of drug-likeness (QED) is 0.422. The first-order valence-electron chi connectivity index (χ1n) is 13.8. The van der Waals surface area contributed by atoms with Crippen LogP contribution in [0.1, 0.15) is 37.8 Å². The predicted octanol–water partition coefficient (Wildman–Crippen LogP) is 4.94. The molecule has 0 aliphatic carbocycles. The smallest absolute Gasteiger partial charge is 0.143 e. The van der Waals surface area contributed by atoms with Gasteiger partial charge in [-0.1, -0.05) is 61.4 Å². The Labute approximate surface area is 202 Å². The highest BCUT2D eigenvalue weighted by molar-refractivity contribution is 5.91. The number of nitrogens with one attached hydrogen (secondary N) is 2. The Hall–Kier alpha value is -3.22. The van der Waals surface area contributed by atoms with Gasteiger partial charge >= 0.3 is 0 Å². The van der Waals surface area contributed by atoms with Crippen molar-refractivity contribution in [3.63, 3.8) is 0 Å². The highest BCUT2D eigenvalue weighted by Crippen LogP contribution is 2.29. The highest BCUT2D eigenvalue weighted by Gasteiger charge is 2.16. The summed E-state index contributed by atoms with van der Waals surface area (Å²) in [7, 11) is 0. The fourth-order valence-corrected chi connectivity index (χ4v) is 4.31. The van der Waals surface area contributed by atoms with Crippen molar-refractivity contribution in [3.8, 4) is 11.3 Å².